The molecule has 1 aromatic carbocycles. The summed E-state index contributed by atoms with van der Waals surface area (Å²) in [5.74, 6) is -3.14. The van der Waals surface area contributed by atoms with Crippen molar-refractivity contribution < 1.29 is 34.0 Å². The second kappa shape index (κ2) is 17.3. The molecule has 0 aromatic heterocycles. The number of benzene rings is 1. The largest absolute Gasteiger partial charge is 0.481 e. The average Bonchev–Trinajstić information content (AvgIpc) is 2.84. The molecular weight excluding hydrogens is 438 g/mol. The van der Waals surface area contributed by atoms with E-state index in [2.05, 4.69) is 0 Å². The van der Waals surface area contributed by atoms with Crippen LogP contribution in [0.1, 0.15) is 77.0 Å². The van der Waals surface area contributed by atoms with Gasteiger partial charge in [-0.15, -0.1) is 0 Å². The van der Waals surface area contributed by atoms with Gasteiger partial charge in [0.1, 0.15) is 6.04 Å². The smallest absolute Gasteiger partial charge is 0.326 e. The molecule has 0 fully saturated rings. The second-order valence-electron chi connectivity index (χ2n) is 8.56. The van der Waals surface area contributed by atoms with Gasteiger partial charge in [-0.3, -0.25) is 4.79 Å². The van der Waals surface area contributed by atoms with Crippen LogP contribution < -0.4 is 4.90 Å². The summed E-state index contributed by atoms with van der Waals surface area (Å²) in [6.07, 6.45) is 11.3. The number of carboxylic acids is 2. The molecule has 34 heavy (non-hydrogen) atoms. The predicted octanol–water partition coefficient (Wildman–Crippen LogP) is 5.31. The molecule has 0 aliphatic carbocycles. The summed E-state index contributed by atoms with van der Waals surface area (Å²) in [5, 5.41) is 18.7. The number of para-hydroxylation sites is 1. The number of hydrogen-bond donors (Lipinski definition) is 2. The van der Waals surface area contributed by atoms with Gasteiger partial charge in [0.05, 0.1) is 6.42 Å². The highest BCUT2D eigenvalue weighted by Gasteiger charge is 2.29. The van der Waals surface area contributed by atoms with Crippen molar-refractivity contribution in [2.45, 2.75) is 89.1 Å². The number of carboxylic acid groups (broad SMARTS) is 2. The first-order valence-electron chi connectivity index (χ1n) is 12.3. The molecule has 1 rings (SSSR count). The number of anilines is 1. The van der Waals surface area contributed by atoms with E-state index in [4.69, 9.17) is 19.3 Å². The lowest BCUT2D eigenvalue weighted by Gasteiger charge is -2.30. The molecule has 0 aliphatic heterocycles. The van der Waals surface area contributed by atoms with Gasteiger partial charge in [-0.05, 0) is 25.0 Å². The van der Waals surface area contributed by atoms with Gasteiger partial charge in [0.25, 0.3) is 5.97 Å². The lowest BCUT2D eigenvalue weighted by atomic mass is 10.0. The standard InChI is InChI=1S/C26H43NO7/c1-32-26(33-2,34-3)19-15-10-8-6-4-5-7-9-11-16-20-27(22-17-13-12-14-18-22)23(25(30)31)21-24(28)29/h12-14,17-18,23H,4-11,15-16,19-21H2,1-3H3,(H,28,29)(H,30,31)/t23-/m0/s1. The molecule has 0 heterocycles. The average molecular weight is 482 g/mol. The highest BCUT2D eigenvalue weighted by Crippen LogP contribution is 2.22. The third-order valence-electron chi connectivity index (χ3n) is 6.18. The monoisotopic (exact) mass is 481 g/mol. The maximum absolute atomic E-state index is 11.7. The molecule has 0 saturated heterocycles. The quantitative estimate of drug-likeness (QED) is 0.180. The molecule has 0 saturated carbocycles. The first kappa shape index (κ1) is 29.9. The SMILES string of the molecule is COC(CCCCCCCCCCCCN(c1ccccc1)[C@@H](CC(=O)O)C(=O)O)(OC)OC. The Morgan fingerprint density at radius 1 is 0.794 bits per heavy atom. The number of rotatable bonds is 21. The van der Waals surface area contributed by atoms with E-state index in [9.17, 15) is 14.7 Å². The first-order valence-corrected chi connectivity index (χ1v) is 12.3. The number of aliphatic carboxylic acids is 2. The van der Waals surface area contributed by atoms with Gasteiger partial charge in [-0.1, -0.05) is 69.6 Å². The fraction of sp³-hybridized carbons (Fsp3) is 0.692. The minimum absolute atomic E-state index is 0.423. The molecule has 0 aliphatic rings. The van der Waals surface area contributed by atoms with Crippen LogP contribution in [-0.4, -0.2) is 62.0 Å². The van der Waals surface area contributed by atoms with Crippen LogP contribution in [0.5, 0.6) is 0 Å². The van der Waals surface area contributed by atoms with Crippen molar-refractivity contribution in [1.29, 1.82) is 0 Å². The Balaban J connectivity index is 2.25. The molecule has 0 amide bonds. The van der Waals surface area contributed by atoms with Crippen LogP contribution >= 0.6 is 0 Å². The molecule has 0 radical (unpaired) electrons. The normalized spacial score (nSPS) is 12.4. The lowest BCUT2D eigenvalue weighted by molar-refractivity contribution is -0.355. The van der Waals surface area contributed by atoms with E-state index in [0.29, 0.717) is 13.0 Å². The van der Waals surface area contributed by atoms with Crippen LogP contribution in [0, 0.1) is 0 Å². The van der Waals surface area contributed by atoms with Crippen LogP contribution in [0.15, 0.2) is 30.3 Å². The summed E-state index contributed by atoms with van der Waals surface area (Å²) in [4.78, 5) is 24.6. The van der Waals surface area contributed by atoms with Gasteiger partial charge in [-0.2, -0.15) is 0 Å². The van der Waals surface area contributed by atoms with Crippen molar-refractivity contribution in [3.8, 4) is 0 Å². The Bertz CT molecular complexity index is 671. The third-order valence-corrected chi connectivity index (χ3v) is 6.18. The van der Waals surface area contributed by atoms with Gasteiger partial charge in [0.2, 0.25) is 0 Å². The van der Waals surface area contributed by atoms with Crippen LogP contribution in [0.25, 0.3) is 0 Å². The van der Waals surface area contributed by atoms with Crippen molar-refractivity contribution >= 4 is 17.6 Å². The Labute approximate surface area is 204 Å². The molecule has 0 bridgehead atoms. The van der Waals surface area contributed by atoms with Crippen molar-refractivity contribution in [3.05, 3.63) is 30.3 Å². The predicted molar refractivity (Wildman–Crippen MR) is 132 cm³/mol. The summed E-state index contributed by atoms with van der Waals surface area (Å²) < 4.78 is 15.9. The maximum atomic E-state index is 11.7. The van der Waals surface area contributed by atoms with Gasteiger partial charge < -0.3 is 29.3 Å². The molecule has 1 atom stereocenters. The van der Waals surface area contributed by atoms with E-state index >= 15 is 0 Å². The lowest BCUT2D eigenvalue weighted by Crippen LogP contribution is -2.43. The van der Waals surface area contributed by atoms with Gasteiger partial charge in [0, 0.05) is 40.0 Å². The van der Waals surface area contributed by atoms with E-state index in [1.165, 1.54) is 25.7 Å². The van der Waals surface area contributed by atoms with Crippen LogP contribution in [0.2, 0.25) is 0 Å². The van der Waals surface area contributed by atoms with Gasteiger partial charge >= 0.3 is 11.9 Å². The van der Waals surface area contributed by atoms with E-state index in [1.807, 2.05) is 30.3 Å². The summed E-state index contributed by atoms with van der Waals surface area (Å²) in [5.41, 5.74) is 0.745. The Morgan fingerprint density at radius 2 is 1.26 bits per heavy atom. The molecule has 0 unspecified atom stereocenters. The molecule has 8 nitrogen and oxygen atoms in total. The third kappa shape index (κ3) is 11.3. The summed E-state index contributed by atoms with van der Waals surface area (Å²) in [6, 6.07) is 8.13. The summed E-state index contributed by atoms with van der Waals surface area (Å²) >= 11 is 0. The van der Waals surface area contributed by atoms with Crippen LogP contribution in [0.4, 0.5) is 5.69 Å². The molecule has 194 valence electrons. The zero-order valence-corrected chi connectivity index (χ0v) is 21.0. The zero-order valence-electron chi connectivity index (χ0n) is 21.0. The van der Waals surface area contributed by atoms with Gasteiger partial charge in [0.15, 0.2) is 0 Å². The van der Waals surface area contributed by atoms with Gasteiger partial charge in [-0.25, -0.2) is 4.79 Å². The van der Waals surface area contributed by atoms with Crippen molar-refractivity contribution in [3.63, 3.8) is 0 Å². The highest BCUT2D eigenvalue weighted by atomic mass is 16.9. The highest BCUT2D eigenvalue weighted by molar-refractivity contribution is 5.84. The zero-order chi connectivity index (χ0) is 25.2. The topological polar surface area (TPSA) is 106 Å². The first-order chi connectivity index (χ1) is 16.4. The number of nitrogens with zero attached hydrogens (tertiary/aromatic N) is 1. The molecule has 8 heteroatoms. The minimum atomic E-state index is -1.11. The fourth-order valence-corrected chi connectivity index (χ4v) is 4.17. The van der Waals surface area contributed by atoms with E-state index in [-0.39, 0.29) is 0 Å². The Morgan fingerprint density at radius 3 is 1.71 bits per heavy atom. The number of methoxy groups -OCH3 is 3. The van der Waals surface area contributed by atoms with Crippen molar-refractivity contribution in [1.82, 2.24) is 0 Å². The van der Waals surface area contributed by atoms with E-state index < -0.39 is 30.4 Å². The van der Waals surface area contributed by atoms with Crippen LogP contribution in [-0.2, 0) is 23.8 Å². The molecule has 1 aromatic rings. The molecule has 0 spiro atoms. The fourth-order valence-electron chi connectivity index (χ4n) is 4.17. The molecule has 2 N–H and O–H groups in total. The number of carbonyl (C=O) groups is 2. The van der Waals surface area contributed by atoms with Crippen molar-refractivity contribution in [2.24, 2.45) is 0 Å². The second-order valence-corrected chi connectivity index (χ2v) is 8.56. The Kier molecular flexibility index (Phi) is 15.2. The van der Waals surface area contributed by atoms with E-state index in [0.717, 1.165) is 44.2 Å². The number of unbranched alkanes of at least 4 members (excludes halogenated alkanes) is 9. The number of hydrogen-bond acceptors (Lipinski definition) is 6. The van der Waals surface area contributed by atoms with Crippen molar-refractivity contribution in [2.75, 3.05) is 32.8 Å². The van der Waals surface area contributed by atoms with Crippen LogP contribution in [0.3, 0.4) is 0 Å². The number of ether oxygens (including phenoxy) is 3. The van der Waals surface area contributed by atoms with E-state index in [1.54, 1.807) is 26.2 Å². The summed E-state index contributed by atoms with van der Waals surface area (Å²) in [6.45, 7) is 0.528. The minimum Gasteiger partial charge on any atom is -0.481 e. The molecular formula is C26H43NO7. The Hall–Kier alpha value is -2.16. The summed E-state index contributed by atoms with van der Waals surface area (Å²) in [7, 11) is 4.77. The maximum Gasteiger partial charge on any atom is 0.326 e.